The Labute approximate surface area is 134 Å². The van der Waals surface area contributed by atoms with E-state index in [4.69, 9.17) is 4.74 Å². The summed E-state index contributed by atoms with van der Waals surface area (Å²) in [6, 6.07) is 15.2. The van der Waals surface area contributed by atoms with Crippen LogP contribution >= 0.6 is 0 Å². The van der Waals surface area contributed by atoms with Gasteiger partial charge in [0, 0.05) is 0 Å². The quantitative estimate of drug-likeness (QED) is 0.779. The molecular formula is C16H17N3O3S. The largest absolute Gasteiger partial charge is 0.497 e. The Kier molecular flexibility index (Phi) is 3.96. The maximum atomic E-state index is 11.6. The molecule has 0 aliphatic rings. The van der Waals surface area contributed by atoms with Crippen LogP contribution in [0.2, 0.25) is 0 Å². The lowest BCUT2D eigenvalue weighted by Gasteiger charge is -2.11. The molecule has 0 aliphatic carbocycles. The van der Waals surface area contributed by atoms with Crippen molar-refractivity contribution in [2.75, 3.05) is 18.1 Å². The van der Waals surface area contributed by atoms with E-state index < -0.39 is 10.0 Å². The van der Waals surface area contributed by atoms with E-state index in [-0.39, 0.29) is 0 Å². The van der Waals surface area contributed by atoms with Gasteiger partial charge in [-0.3, -0.25) is 4.72 Å². The number of fused-ring (bicyclic) bond motifs is 1. The van der Waals surface area contributed by atoms with Gasteiger partial charge in [-0.2, -0.15) is 0 Å². The van der Waals surface area contributed by atoms with E-state index >= 15 is 0 Å². The van der Waals surface area contributed by atoms with Gasteiger partial charge in [0.1, 0.15) is 5.75 Å². The first-order valence-corrected chi connectivity index (χ1v) is 8.91. The lowest BCUT2D eigenvalue weighted by molar-refractivity contribution is 0.414. The summed E-state index contributed by atoms with van der Waals surface area (Å²) in [6.45, 7) is 0.482. The topological polar surface area (TPSA) is 73.2 Å². The second-order valence-electron chi connectivity index (χ2n) is 5.24. The highest BCUT2D eigenvalue weighted by molar-refractivity contribution is 7.92. The molecule has 6 nitrogen and oxygen atoms in total. The molecule has 1 aromatic heterocycles. The molecule has 120 valence electrons. The summed E-state index contributed by atoms with van der Waals surface area (Å²) in [4.78, 5) is 4.38. The Balaban J connectivity index is 2.08. The molecular weight excluding hydrogens is 314 g/mol. The third-order valence-corrected chi connectivity index (χ3v) is 3.96. The zero-order chi connectivity index (χ0) is 16.4. The van der Waals surface area contributed by atoms with Gasteiger partial charge in [0.2, 0.25) is 16.0 Å². The van der Waals surface area contributed by atoms with Crippen LogP contribution in [0, 0.1) is 0 Å². The van der Waals surface area contributed by atoms with Crippen molar-refractivity contribution in [3.63, 3.8) is 0 Å². The van der Waals surface area contributed by atoms with Gasteiger partial charge in [0.25, 0.3) is 0 Å². The lowest BCUT2D eigenvalue weighted by atomic mass is 10.2. The van der Waals surface area contributed by atoms with Crippen LogP contribution in [0.3, 0.4) is 0 Å². The molecule has 23 heavy (non-hydrogen) atoms. The van der Waals surface area contributed by atoms with E-state index in [9.17, 15) is 8.42 Å². The Hall–Kier alpha value is -2.54. The number of aromatic nitrogens is 2. The van der Waals surface area contributed by atoms with Crippen LogP contribution in [0.5, 0.6) is 5.75 Å². The molecule has 0 saturated carbocycles. The van der Waals surface area contributed by atoms with Crippen LogP contribution in [-0.2, 0) is 16.6 Å². The van der Waals surface area contributed by atoms with E-state index in [1.54, 1.807) is 7.11 Å². The van der Waals surface area contributed by atoms with Crippen molar-refractivity contribution in [2.24, 2.45) is 0 Å². The average molecular weight is 331 g/mol. The van der Waals surface area contributed by atoms with E-state index in [1.165, 1.54) is 0 Å². The SMILES string of the molecule is COc1cccc(Cn2c(NS(C)(=O)=O)nc3ccccc32)c1. The van der Waals surface area contributed by atoms with Crippen molar-refractivity contribution in [1.29, 1.82) is 0 Å². The van der Waals surface area contributed by atoms with Gasteiger partial charge in [-0.1, -0.05) is 24.3 Å². The zero-order valence-corrected chi connectivity index (χ0v) is 13.7. The molecule has 0 fully saturated rings. The predicted octanol–water partition coefficient (Wildman–Crippen LogP) is 2.46. The third-order valence-electron chi connectivity index (χ3n) is 3.41. The summed E-state index contributed by atoms with van der Waals surface area (Å²) in [5.41, 5.74) is 2.59. The first-order valence-electron chi connectivity index (χ1n) is 7.02. The number of nitrogens with one attached hydrogen (secondary N) is 1. The predicted molar refractivity (Wildman–Crippen MR) is 90.3 cm³/mol. The highest BCUT2D eigenvalue weighted by atomic mass is 32.2. The van der Waals surface area contributed by atoms with Crippen LogP contribution < -0.4 is 9.46 Å². The van der Waals surface area contributed by atoms with Crippen LogP contribution in [0.4, 0.5) is 5.95 Å². The standard InChI is InChI=1S/C16H17N3O3S/c1-22-13-7-5-6-12(10-13)11-19-15-9-4-3-8-14(15)17-16(19)18-23(2,20)21/h3-10H,11H2,1-2H3,(H,17,18). The highest BCUT2D eigenvalue weighted by Gasteiger charge is 2.14. The average Bonchev–Trinajstić information content (AvgIpc) is 2.83. The zero-order valence-electron chi connectivity index (χ0n) is 12.9. The molecule has 3 rings (SSSR count). The van der Waals surface area contributed by atoms with Crippen LogP contribution in [0.15, 0.2) is 48.5 Å². The fraction of sp³-hybridized carbons (Fsp3) is 0.188. The molecule has 1 N–H and O–H groups in total. The van der Waals surface area contributed by atoms with E-state index in [2.05, 4.69) is 9.71 Å². The Morgan fingerprint density at radius 3 is 2.70 bits per heavy atom. The molecule has 0 radical (unpaired) electrons. The Morgan fingerprint density at radius 1 is 1.17 bits per heavy atom. The number of sulfonamides is 1. The highest BCUT2D eigenvalue weighted by Crippen LogP contribution is 2.23. The second-order valence-corrected chi connectivity index (χ2v) is 6.98. The monoisotopic (exact) mass is 331 g/mol. The summed E-state index contributed by atoms with van der Waals surface area (Å²) < 4.78 is 32.8. The van der Waals surface area contributed by atoms with Crippen LogP contribution in [0.25, 0.3) is 11.0 Å². The minimum Gasteiger partial charge on any atom is -0.497 e. The minimum atomic E-state index is -3.41. The van der Waals surface area contributed by atoms with Crippen molar-refractivity contribution in [3.8, 4) is 5.75 Å². The number of benzene rings is 2. The van der Waals surface area contributed by atoms with Gasteiger partial charge in [-0.05, 0) is 29.8 Å². The maximum absolute atomic E-state index is 11.6. The molecule has 0 aliphatic heterocycles. The van der Waals surface area contributed by atoms with E-state index in [0.29, 0.717) is 12.5 Å². The molecule has 1 heterocycles. The summed E-state index contributed by atoms with van der Waals surface area (Å²) in [5.74, 6) is 1.06. The molecule has 0 saturated heterocycles. The molecule has 2 aromatic carbocycles. The van der Waals surface area contributed by atoms with Crippen LogP contribution in [-0.4, -0.2) is 31.3 Å². The lowest BCUT2D eigenvalue weighted by Crippen LogP contribution is -2.15. The summed E-state index contributed by atoms with van der Waals surface area (Å²) in [5, 5.41) is 0. The minimum absolute atomic E-state index is 0.302. The fourth-order valence-corrected chi connectivity index (χ4v) is 2.92. The maximum Gasteiger partial charge on any atom is 0.232 e. The first-order chi connectivity index (χ1) is 11.0. The number of methoxy groups -OCH3 is 1. The number of para-hydroxylation sites is 2. The van der Waals surface area contributed by atoms with Gasteiger partial charge in [-0.15, -0.1) is 0 Å². The van der Waals surface area contributed by atoms with Gasteiger partial charge >= 0.3 is 0 Å². The Morgan fingerprint density at radius 2 is 1.96 bits per heavy atom. The van der Waals surface area contributed by atoms with Crippen molar-refractivity contribution in [2.45, 2.75) is 6.54 Å². The van der Waals surface area contributed by atoms with Crippen molar-refractivity contribution in [3.05, 3.63) is 54.1 Å². The summed E-state index contributed by atoms with van der Waals surface area (Å²) in [6.07, 6.45) is 1.11. The number of hydrogen-bond donors (Lipinski definition) is 1. The molecule has 7 heteroatoms. The smallest absolute Gasteiger partial charge is 0.232 e. The van der Waals surface area contributed by atoms with E-state index in [0.717, 1.165) is 28.6 Å². The fourth-order valence-electron chi connectivity index (χ4n) is 2.43. The summed E-state index contributed by atoms with van der Waals surface area (Å²) >= 11 is 0. The molecule has 0 spiro atoms. The number of anilines is 1. The van der Waals surface area contributed by atoms with Gasteiger partial charge < -0.3 is 9.30 Å². The van der Waals surface area contributed by atoms with Crippen molar-refractivity contribution >= 4 is 27.0 Å². The van der Waals surface area contributed by atoms with E-state index in [1.807, 2.05) is 53.1 Å². The molecule has 0 bridgehead atoms. The van der Waals surface area contributed by atoms with Gasteiger partial charge in [0.15, 0.2) is 0 Å². The van der Waals surface area contributed by atoms with Crippen molar-refractivity contribution < 1.29 is 13.2 Å². The molecule has 0 atom stereocenters. The number of rotatable bonds is 5. The molecule has 0 amide bonds. The van der Waals surface area contributed by atoms with Gasteiger partial charge in [0.05, 0.1) is 30.9 Å². The summed E-state index contributed by atoms with van der Waals surface area (Å²) in [7, 11) is -1.80. The number of hydrogen-bond acceptors (Lipinski definition) is 4. The van der Waals surface area contributed by atoms with Crippen LogP contribution in [0.1, 0.15) is 5.56 Å². The number of imidazole rings is 1. The third kappa shape index (κ3) is 3.45. The number of nitrogens with zero attached hydrogens (tertiary/aromatic N) is 2. The first kappa shape index (κ1) is 15.4. The molecule has 3 aromatic rings. The Bertz CT molecular complexity index is 948. The normalized spacial score (nSPS) is 11.6. The molecule has 0 unspecified atom stereocenters. The number of ether oxygens (including phenoxy) is 1. The van der Waals surface area contributed by atoms with Gasteiger partial charge in [-0.25, -0.2) is 13.4 Å². The second kappa shape index (κ2) is 5.92. The van der Waals surface area contributed by atoms with Crippen molar-refractivity contribution in [1.82, 2.24) is 9.55 Å².